The van der Waals surface area contributed by atoms with Gasteiger partial charge in [-0.05, 0) is 12.8 Å². The van der Waals surface area contributed by atoms with E-state index in [0.29, 0.717) is 6.61 Å². The molecule has 104 valence electrons. The predicted molar refractivity (Wildman–Crippen MR) is 78.3 cm³/mol. The topological polar surface area (TPSA) is 9.23 Å². The molecule has 0 radical (unpaired) electrons. The van der Waals surface area contributed by atoms with Gasteiger partial charge in [-0.2, -0.15) is 0 Å². The summed E-state index contributed by atoms with van der Waals surface area (Å²) in [6.45, 7) is 4.94. The van der Waals surface area contributed by atoms with Crippen LogP contribution in [0, 0.1) is 0 Å². The van der Waals surface area contributed by atoms with Crippen LogP contribution < -0.4 is 0 Å². The maximum Gasteiger partial charge on any atom is 0.216 e. The Kier molecular flexibility index (Phi) is 11.2. The summed E-state index contributed by atoms with van der Waals surface area (Å²) < 4.78 is 4.29. The third-order valence-corrected chi connectivity index (χ3v) is 3.44. The first-order valence-corrected chi connectivity index (χ1v) is 7.84. The normalized spacial score (nSPS) is 13.9. The van der Waals surface area contributed by atoms with Gasteiger partial charge in [0.2, 0.25) is 3.79 Å². The monoisotopic (exact) mass is 302 g/mol. The van der Waals surface area contributed by atoms with Crippen molar-refractivity contribution in [3.8, 4) is 0 Å². The van der Waals surface area contributed by atoms with Crippen molar-refractivity contribution in [1.29, 1.82) is 0 Å². The van der Waals surface area contributed by atoms with Crippen LogP contribution >= 0.6 is 34.8 Å². The molecule has 0 heterocycles. The molecular formula is C13H25Cl3O. The van der Waals surface area contributed by atoms with Gasteiger partial charge in [-0.25, -0.2) is 0 Å². The van der Waals surface area contributed by atoms with Crippen LogP contribution in [0.4, 0.5) is 0 Å². The highest BCUT2D eigenvalue weighted by molar-refractivity contribution is 6.68. The van der Waals surface area contributed by atoms with Crippen LogP contribution in [-0.2, 0) is 4.74 Å². The maximum absolute atomic E-state index is 5.90. The molecule has 0 saturated carbocycles. The van der Waals surface area contributed by atoms with Crippen LogP contribution in [0.2, 0.25) is 0 Å². The number of hydrogen-bond acceptors (Lipinski definition) is 1. The molecule has 17 heavy (non-hydrogen) atoms. The molecule has 0 aromatic carbocycles. The van der Waals surface area contributed by atoms with Gasteiger partial charge in [-0.3, -0.25) is 0 Å². The van der Waals surface area contributed by atoms with Crippen LogP contribution in [0.15, 0.2) is 0 Å². The average molecular weight is 304 g/mol. The van der Waals surface area contributed by atoms with E-state index in [1.165, 1.54) is 32.1 Å². The molecule has 0 aliphatic carbocycles. The zero-order valence-corrected chi connectivity index (χ0v) is 13.3. The minimum Gasteiger partial charge on any atom is -0.374 e. The highest BCUT2D eigenvalue weighted by Crippen LogP contribution is 2.35. The van der Waals surface area contributed by atoms with Crippen molar-refractivity contribution in [2.24, 2.45) is 0 Å². The lowest BCUT2D eigenvalue weighted by molar-refractivity contribution is 0.0486. The van der Waals surface area contributed by atoms with E-state index >= 15 is 0 Å². The summed E-state index contributed by atoms with van der Waals surface area (Å²) in [6, 6.07) is 0. The first kappa shape index (κ1) is 17.8. The molecule has 0 fully saturated rings. The lowest BCUT2D eigenvalue weighted by Gasteiger charge is -2.24. The summed E-state index contributed by atoms with van der Waals surface area (Å²) in [5.74, 6) is 0. The Labute approximate surface area is 121 Å². The van der Waals surface area contributed by atoms with Gasteiger partial charge in [0.15, 0.2) is 0 Å². The Hall–Kier alpha value is 0.830. The fourth-order valence-electron chi connectivity index (χ4n) is 1.71. The van der Waals surface area contributed by atoms with Crippen LogP contribution in [0.1, 0.15) is 65.2 Å². The van der Waals surface area contributed by atoms with Crippen molar-refractivity contribution < 1.29 is 4.74 Å². The van der Waals surface area contributed by atoms with Crippen molar-refractivity contribution in [2.45, 2.75) is 75.1 Å². The van der Waals surface area contributed by atoms with Gasteiger partial charge in [0.1, 0.15) is 6.10 Å². The molecule has 0 N–H and O–H groups in total. The van der Waals surface area contributed by atoms with E-state index in [2.05, 4.69) is 13.8 Å². The summed E-state index contributed by atoms with van der Waals surface area (Å²) >= 11 is 17.7. The minimum atomic E-state index is -1.29. The zero-order valence-electron chi connectivity index (χ0n) is 11.0. The van der Waals surface area contributed by atoms with E-state index in [4.69, 9.17) is 39.5 Å². The van der Waals surface area contributed by atoms with Crippen molar-refractivity contribution in [3.05, 3.63) is 0 Å². The Balaban J connectivity index is 3.69. The lowest BCUT2D eigenvalue weighted by atomic mass is 10.1. The first-order valence-electron chi connectivity index (χ1n) is 6.70. The van der Waals surface area contributed by atoms with Gasteiger partial charge in [-0.15, -0.1) is 0 Å². The summed E-state index contributed by atoms with van der Waals surface area (Å²) in [5.41, 5.74) is 0. The molecule has 4 heteroatoms. The molecular weight excluding hydrogens is 279 g/mol. The van der Waals surface area contributed by atoms with Gasteiger partial charge in [-0.1, -0.05) is 87.2 Å². The van der Waals surface area contributed by atoms with Crippen molar-refractivity contribution in [3.63, 3.8) is 0 Å². The summed E-state index contributed by atoms with van der Waals surface area (Å²) in [5, 5.41) is 0. The number of halogens is 3. The standard InChI is InChI=1S/C13H25Cl3O/c1-3-5-6-7-8-9-10-12(13(14,15)16)17-11-4-2/h12H,3-11H2,1-2H3. The second-order valence-corrected chi connectivity index (χ2v) is 6.83. The minimum absolute atomic E-state index is 0.265. The Morgan fingerprint density at radius 2 is 1.47 bits per heavy atom. The van der Waals surface area contributed by atoms with Crippen LogP contribution in [0.5, 0.6) is 0 Å². The predicted octanol–water partition coefficient (Wildman–Crippen LogP) is 5.90. The van der Waals surface area contributed by atoms with E-state index in [9.17, 15) is 0 Å². The lowest BCUT2D eigenvalue weighted by Crippen LogP contribution is -2.29. The van der Waals surface area contributed by atoms with Gasteiger partial charge < -0.3 is 4.74 Å². The molecule has 0 aliphatic rings. The molecule has 1 atom stereocenters. The van der Waals surface area contributed by atoms with Crippen LogP contribution in [-0.4, -0.2) is 16.5 Å². The van der Waals surface area contributed by atoms with Gasteiger partial charge in [0, 0.05) is 6.61 Å². The fraction of sp³-hybridized carbons (Fsp3) is 1.00. The largest absolute Gasteiger partial charge is 0.374 e. The van der Waals surface area contributed by atoms with E-state index < -0.39 is 3.79 Å². The average Bonchev–Trinajstić information content (AvgIpc) is 2.25. The second kappa shape index (κ2) is 10.7. The van der Waals surface area contributed by atoms with E-state index in [1.54, 1.807) is 0 Å². The van der Waals surface area contributed by atoms with Crippen LogP contribution in [0.25, 0.3) is 0 Å². The molecule has 0 aromatic heterocycles. The smallest absolute Gasteiger partial charge is 0.216 e. The second-order valence-electron chi connectivity index (χ2n) is 4.46. The third-order valence-electron chi connectivity index (χ3n) is 2.71. The van der Waals surface area contributed by atoms with Crippen LogP contribution in [0.3, 0.4) is 0 Å². The van der Waals surface area contributed by atoms with Crippen molar-refractivity contribution >= 4 is 34.8 Å². The van der Waals surface area contributed by atoms with E-state index in [-0.39, 0.29) is 6.10 Å². The number of unbranched alkanes of at least 4 members (excludes halogenated alkanes) is 5. The molecule has 0 rings (SSSR count). The number of rotatable bonds is 10. The Bertz CT molecular complexity index is 169. The number of ether oxygens (including phenoxy) is 1. The van der Waals surface area contributed by atoms with Crippen molar-refractivity contribution in [1.82, 2.24) is 0 Å². The molecule has 0 amide bonds. The Morgan fingerprint density at radius 1 is 0.882 bits per heavy atom. The molecule has 1 unspecified atom stereocenters. The van der Waals surface area contributed by atoms with Crippen molar-refractivity contribution in [2.75, 3.05) is 6.61 Å². The third kappa shape index (κ3) is 10.4. The number of alkyl halides is 3. The molecule has 0 aromatic rings. The van der Waals surface area contributed by atoms with E-state index in [0.717, 1.165) is 19.3 Å². The SMILES string of the molecule is CCCCCCCCC(OCCC)C(Cl)(Cl)Cl. The molecule has 0 spiro atoms. The van der Waals surface area contributed by atoms with Gasteiger partial charge in [0.25, 0.3) is 0 Å². The maximum atomic E-state index is 5.90. The highest BCUT2D eigenvalue weighted by atomic mass is 35.6. The Morgan fingerprint density at radius 3 is 2.00 bits per heavy atom. The molecule has 0 saturated heterocycles. The first-order chi connectivity index (χ1) is 8.02. The molecule has 0 bridgehead atoms. The fourth-order valence-corrected chi connectivity index (χ4v) is 2.23. The highest BCUT2D eigenvalue weighted by Gasteiger charge is 2.32. The van der Waals surface area contributed by atoms with Gasteiger partial charge >= 0.3 is 0 Å². The molecule has 0 aliphatic heterocycles. The summed E-state index contributed by atoms with van der Waals surface area (Å²) in [7, 11) is 0. The zero-order chi connectivity index (χ0) is 13.1. The number of hydrogen-bond donors (Lipinski definition) is 0. The summed E-state index contributed by atoms with van der Waals surface area (Å²) in [4.78, 5) is 0. The molecule has 1 nitrogen and oxygen atoms in total. The summed E-state index contributed by atoms with van der Waals surface area (Å²) in [6.07, 6.45) is 8.98. The van der Waals surface area contributed by atoms with E-state index in [1.807, 2.05) is 0 Å². The van der Waals surface area contributed by atoms with Gasteiger partial charge in [0.05, 0.1) is 0 Å². The quantitative estimate of drug-likeness (QED) is 0.360.